The summed E-state index contributed by atoms with van der Waals surface area (Å²) in [5.41, 5.74) is 0.950. The van der Waals surface area contributed by atoms with Gasteiger partial charge < -0.3 is 0 Å². The van der Waals surface area contributed by atoms with Crippen molar-refractivity contribution in [3.63, 3.8) is 0 Å². The second kappa shape index (κ2) is 5.50. The van der Waals surface area contributed by atoms with Gasteiger partial charge in [0.05, 0.1) is 5.02 Å². The largest absolute Gasteiger partial charge is 0.297 e. The lowest BCUT2D eigenvalue weighted by molar-refractivity contribution is 0.242. The Morgan fingerprint density at radius 1 is 1.32 bits per heavy atom. The average Bonchev–Trinajstić information content (AvgIpc) is 3.22. The molecule has 4 rings (SSSR count). The minimum atomic E-state index is 0.368. The highest BCUT2D eigenvalue weighted by Gasteiger charge is 2.42. The molecule has 2 bridgehead atoms. The van der Waals surface area contributed by atoms with Crippen LogP contribution in [0.25, 0.3) is 11.4 Å². The number of halogens is 1. The first kappa shape index (κ1) is 14.5. The summed E-state index contributed by atoms with van der Waals surface area (Å²) in [5.74, 6) is 3.37. The van der Waals surface area contributed by atoms with E-state index in [4.69, 9.17) is 23.8 Å². The Morgan fingerprint density at radius 2 is 2.14 bits per heavy atom. The Bertz CT molecular complexity index is 750. The van der Waals surface area contributed by atoms with Crippen LogP contribution in [0.3, 0.4) is 0 Å². The molecule has 2 fully saturated rings. The smallest absolute Gasteiger partial charge is 0.195 e. The Labute approximate surface area is 140 Å². The van der Waals surface area contributed by atoms with E-state index in [9.17, 15) is 0 Å². The lowest BCUT2D eigenvalue weighted by Crippen LogP contribution is -2.22. The van der Waals surface area contributed by atoms with Crippen molar-refractivity contribution in [1.29, 1.82) is 0 Å². The summed E-state index contributed by atoms with van der Waals surface area (Å²) in [6.07, 6.45) is 5.54. The summed E-state index contributed by atoms with van der Waals surface area (Å²) >= 11 is 11.9. The number of benzene rings is 1. The van der Waals surface area contributed by atoms with E-state index >= 15 is 0 Å². The van der Waals surface area contributed by atoms with Crippen LogP contribution in [0, 0.1) is 22.5 Å². The van der Waals surface area contributed by atoms with Gasteiger partial charge in [-0.2, -0.15) is 5.10 Å². The Kier molecular flexibility index (Phi) is 3.61. The number of hydrogen-bond donors (Lipinski definition) is 1. The van der Waals surface area contributed by atoms with Gasteiger partial charge in [-0.15, -0.1) is 0 Å². The zero-order valence-electron chi connectivity index (χ0n) is 12.6. The fourth-order valence-corrected chi connectivity index (χ4v) is 5.11. The van der Waals surface area contributed by atoms with Crippen LogP contribution in [0.2, 0.25) is 5.02 Å². The topological polar surface area (TPSA) is 33.6 Å². The second-order valence-electron chi connectivity index (χ2n) is 6.78. The second-order valence-corrected chi connectivity index (χ2v) is 7.58. The standard InChI is InChI=1S/C17H20ClN3S/c1-10(14-9-11-6-7-12(14)8-11)21-16(19-20-17(21)22)13-4-2-3-5-15(13)18/h2-5,10-12,14H,6-9H2,1H3,(H,20,22). The average molecular weight is 334 g/mol. The van der Waals surface area contributed by atoms with Crippen molar-refractivity contribution in [2.75, 3.05) is 0 Å². The summed E-state index contributed by atoms with van der Waals surface area (Å²) in [5, 5.41) is 8.15. The Morgan fingerprint density at radius 3 is 2.82 bits per heavy atom. The summed E-state index contributed by atoms with van der Waals surface area (Å²) in [6.45, 7) is 2.29. The van der Waals surface area contributed by atoms with Gasteiger partial charge in [-0.25, -0.2) is 0 Å². The van der Waals surface area contributed by atoms with Gasteiger partial charge in [0.2, 0.25) is 0 Å². The highest BCUT2D eigenvalue weighted by atomic mass is 35.5. The van der Waals surface area contributed by atoms with Crippen LogP contribution in [0.1, 0.15) is 38.6 Å². The first-order valence-corrected chi connectivity index (χ1v) is 8.85. The van der Waals surface area contributed by atoms with Crippen LogP contribution in [-0.4, -0.2) is 14.8 Å². The monoisotopic (exact) mass is 333 g/mol. The van der Waals surface area contributed by atoms with Crippen molar-refractivity contribution in [3.05, 3.63) is 34.1 Å². The first-order chi connectivity index (χ1) is 10.6. The molecule has 0 radical (unpaired) electrons. The number of hydrogen-bond acceptors (Lipinski definition) is 2. The normalized spacial score (nSPS) is 28.2. The van der Waals surface area contributed by atoms with Gasteiger partial charge in [0.25, 0.3) is 0 Å². The van der Waals surface area contributed by atoms with Gasteiger partial charge >= 0.3 is 0 Å². The number of H-pyrrole nitrogens is 1. The number of rotatable bonds is 3. The summed E-state index contributed by atoms with van der Waals surface area (Å²) in [7, 11) is 0. The van der Waals surface area contributed by atoms with E-state index in [0.29, 0.717) is 16.7 Å². The fourth-order valence-electron chi connectivity index (χ4n) is 4.59. The maximum atomic E-state index is 6.37. The predicted molar refractivity (Wildman–Crippen MR) is 91.5 cm³/mol. The molecule has 1 heterocycles. The van der Waals surface area contributed by atoms with Crippen molar-refractivity contribution in [2.45, 2.75) is 38.6 Å². The molecular formula is C17H20ClN3S. The first-order valence-electron chi connectivity index (χ1n) is 8.07. The lowest BCUT2D eigenvalue weighted by Gasteiger charge is -2.29. The van der Waals surface area contributed by atoms with E-state index in [1.54, 1.807) is 0 Å². The minimum absolute atomic E-state index is 0.368. The van der Waals surface area contributed by atoms with E-state index < -0.39 is 0 Å². The van der Waals surface area contributed by atoms with Crippen LogP contribution < -0.4 is 0 Å². The quantitative estimate of drug-likeness (QED) is 0.777. The highest BCUT2D eigenvalue weighted by Crippen LogP contribution is 2.52. The third-order valence-corrected chi connectivity index (χ3v) is 6.26. The van der Waals surface area contributed by atoms with Gasteiger partial charge in [-0.3, -0.25) is 9.67 Å². The maximum Gasteiger partial charge on any atom is 0.195 e. The molecule has 1 aromatic heterocycles. The molecule has 2 aliphatic rings. The molecule has 3 nitrogen and oxygen atoms in total. The van der Waals surface area contributed by atoms with Crippen molar-refractivity contribution in [2.24, 2.45) is 17.8 Å². The van der Waals surface area contributed by atoms with Crippen LogP contribution >= 0.6 is 23.8 Å². The Balaban J connectivity index is 1.75. The Hall–Kier alpha value is -1.13. The zero-order chi connectivity index (χ0) is 15.3. The molecule has 2 aliphatic carbocycles. The lowest BCUT2D eigenvalue weighted by atomic mass is 9.84. The zero-order valence-corrected chi connectivity index (χ0v) is 14.2. The molecule has 0 aliphatic heterocycles. The number of fused-ring (bicyclic) bond motifs is 2. The molecule has 4 unspecified atom stereocenters. The van der Waals surface area contributed by atoms with E-state index in [2.05, 4.69) is 21.7 Å². The van der Waals surface area contributed by atoms with Gasteiger partial charge in [0, 0.05) is 11.6 Å². The summed E-state index contributed by atoms with van der Waals surface area (Å²) < 4.78 is 2.88. The van der Waals surface area contributed by atoms with Gasteiger partial charge in [-0.1, -0.05) is 30.2 Å². The molecule has 116 valence electrons. The number of nitrogens with one attached hydrogen (secondary N) is 1. The van der Waals surface area contributed by atoms with E-state index in [1.165, 1.54) is 25.7 Å². The van der Waals surface area contributed by atoms with Gasteiger partial charge in [0.1, 0.15) is 0 Å². The maximum absolute atomic E-state index is 6.37. The molecule has 2 saturated carbocycles. The van der Waals surface area contributed by atoms with Gasteiger partial charge in [0.15, 0.2) is 10.6 Å². The summed E-state index contributed by atoms with van der Waals surface area (Å²) in [4.78, 5) is 0. The van der Waals surface area contributed by atoms with Crippen molar-refractivity contribution in [3.8, 4) is 11.4 Å². The third-order valence-electron chi connectivity index (χ3n) is 5.64. The minimum Gasteiger partial charge on any atom is -0.297 e. The van der Waals surface area contributed by atoms with Crippen molar-refractivity contribution in [1.82, 2.24) is 14.8 Å². The van der Waals surface area contributed by atoms with E-state index in [1.807, 2.05) is 24.3 Å². The summed E-state index contributed by atoms with van der Waals surface area (Å²) in [6, 6.07) is 8.22. The fraction of sp³-hybridized carbons (Fsp3) is 0.529. The molecule has 1 N–H and O–H groups in total. The predicted octanol–water partition coefficient (Wildman–Crippen LogP) is 5.26. The number of aromatic nitrogens is 3. The molecule has 5 heteroatoms. The molecule has 0 saturated heterocycles. The number of aromatic amines is 1. The molecule has 4 atom stereocenters. The van der Waals surface area contributed by atoms with Crippen molar-refractivity contribution < 1.29 is 0 Å². The van der Waals surface area contributed by atoms with Crippen LogP contribution in [0.15, 0.2) is 24.3 Å². The van der Waals surface area contributed by atoms with Crippen LogP contribution in [0.5, 0.6) is 0 Å². The van der Waals surface area contributed by atoms with Crippen LogP contribution in [-0.2, 0) is 0 Å². The molecular weight excluding hydrogens is 314 g/mol. The number of nitrogens with zero attached hydrogens (tertiary/aromatic N) is 2. The van der Waals surface area contributed by atoms with E-state index in [-0.39, 0.29) is 0 Å². The van der Waals surface area contributed by atoms with Gasteiger partial charge in [-0.05, 0) is 68.3 Å². The SMILES string of the molecule is CC(C1CC2CCC1C2)n1c(-c2ccccc2Cl)n[nH]c1=S. The van der Waals surface area contributed by atoms with Crippen LogP contribution in [0.4, 0.5) is 0 Å². The van der Waals surface area contributed by atoms with Crippen molar-refractivity contribution >= 4 is 23.8 Å². The molecule has 22 heavy (non-hydrogen) atoms. The molecule has 1 aromatic carbocycles. The third kappa shape index (κ3) is 2.24. The molecule has 0 spiro atoms. The molecule has 0 amide bonds. The highest BCUT2D eigenvalue weighted by molar-refractivity contribution is 7.71. The van der Waals surface area contributed by atoms with E-state index in [0.717, 1.165) is 28.2 Å². The molecule has 2 aromatic rings.